The number of fused-ring (bicyclic) bond motifs is 1. The van der Waals surface area contributed by atoms with Gasteiger partial charge in [0.2, 0.25) is 12.1 Å². The number of aliphatic carboxylic acids is 1. The van der Waals surface area contributed by atoms with Crippen LogP contribution in [0.15, 0.2) is 42.5 Å². The maximum atomic E-state index is 13.4. The molecule has 2 unspecified atom stereocenters. The molecule has 0 saturated heterocycles. The Bertz CT molecular complexity index is 1080. The summed E-state index contributed by atoms with van der Waals surface area (Å²) in [5.74, 6) is -1.30. The van der Waals surface area contributed by atoms with Gasteiger partial charge in [0.05, 0.1) is 33.5 Å². The van der Waals surface area contributed by atoms with E-state index in [2.05, 4.69) is 5.32 Å². The molecule has 0 spiro atoms. The molecular formula is C26H32N2O8. The van der Waals surface area contributed by atoms with Crippen molar-refractivity contribution in [2.24, 2.45) is 0 Å². The number of carbonyl (C=O) groups excluding carboxylic acids is 2. The van der Waals surface area contributed by atoms with Crippen molar-refractivity contribution in [2.45, 2.75) is 51.7 Å². The third-order valence-electron chi connectivity index (χ3n) is 5.94. The highest BCUT2D eigenvalue weighted by molar-refractivity contribution is 5.88. The van der Waals surface area contributed by atoms with Crippen molar-refractivity contribution in [1.82, 2.24) is 10.2 Å². The van der Waals surface area contributed by atoms with Crippen LogP contribution in [0.5, 0.6) is 11.5 Å². The van der Waals surface area contributed by atoms with Gasteiger partial charge in [0.15, 0.2) is 11.5 Å². The van der Waals surface area contributed by atoms with Crippen molar-refractivity contribution in [1.29, 1.82) is 0 Å². The van der Waals surface area contributed by atoms with Gasteiger partial charge in [-0.05, 0) is 42.7 Å². The Labute approximate surface area is 210 Å². The lowest BCUT2D eigenvalue weighted by Gasteiger charge is -2.37. The highest BCUT2D eigenvalue weighted by Gasteiger charge is 2.38. The predicted octanol–water partition coefficient (Wildman–Crippen LogP) is 2.13. The van der Waals surface area contributed by atoms with E-state index >= 15 is 0 Å². The molecule has 36 heavy (non-hydrogen) atoms. The van der Waals surface area contributed by atoms with Crippen LogP contribution in [0.3, 0.4) is 0 Å². The van der Waals surface area contributed by atoms with E-state index in [9.17, 15) is 19.5 Å². The molecule has 1 amide bonds. The molecule has 0 fully saturated rings. The molecule has 0 bridgehead atoms. The van der Waals surface area contributed by atoms with Gasteiger partial charge in [0.1, 0.15) is 6.04 Å². The molecule has 3 rings (SSSR count). The van der Waals surface area contributed by atoms with E-state index in [1.165, 1.54) is 19.1 Å². The zero-order chi connectivity index (χ0) is 26.2. The van der Waals surface area contributed by atoms with Crippen molar-refractivity contribution in [2.75, 3.05) is 20.8 Å². The lowest BCUT2D eigenvalue weighted by atomic mass is 9.92. The number of hydrogen-bond acceptors (Lipinski definition) is 8. The monoisotopic (exact) mass is 500 g/mol. The smallest absolute Gasteiger partial charge is 0.350 e. The summed E-state index contributed by atoms with van der Waals surface area (Å²) in [6, 6.07) is 10.7. The van der Waals surface area contributed by atoms with Crippen LogP contribution in [-0.2, 0) is 43.4 Å². The molecule has 3 atom stereocenters. The van der Waals surface area contributed by atoms with Gasteiger partial charge in [-0.3, -0.25) is 10.1 Å². The number of nitrogens with zero attached hydrogens (tertiary/aromatic N) is 1. The van der Waals surface area contributed by atoms with Crippen molar-refractivity contribution in [3.63, 3.8) is 0 Å². The summed E-state index contributed by atoms with van der Waals surface area (Å²) in [5, 5.41) is 12.7. The maximum absolute atomic E-state index is 13.4. The summed E-state index contributed by atoms with van der Waals surface area (Å²) in [7, 11) is 3.01. The number of benzene rings is 2. The number of hydrogen-bond donors (Lipinski definition) is 2. The molecule has 1 aliphatic heterocycles. The lowest BCUT2D eigenvalue weighted by Crippen LogP contribution is -2.56. The summed E-state index contributed by atoms with van der Waals surface area (Å²) in [4.78, 5) is 39.3. The Morgan fingerprint density at radius 2 is 1.72 bits per heavy atom. The van der Waals surface area contributed by atoms with Gasteiger partial charge in [-0.2, -0.15) is 0 Å². The first-order chi connectivity index (χ1) is 17.3. The first kappa shape index (κ1) is 27.0. The molecule has 1 aliphatic rings. The van der Waals surface area contributed by atoms with E-state index in [4.69, 9.17) is 18.9 Å². The largest absolute Gasteiger partial charge is 0.493 e. The highest BCUT2D eigenvalue weighted by Crippen LogP contribution is 2.35. The minimum absolute atomic E-state index is 0.0620. The number of methoxy groups -OCH3 is 2. The molecule has 0 radical (unpaired) electrons. The average molecular weight is 501 g/mol. The third-order valence-corrected chi connectivity index (χ3v) is 5.94. The molecule has 2 N–H and O–H groups in total. The topological polar surface area (TPSA) is 124 Å². The van der Waals surface area contributed by atoms with Gasteiger partial charge in [0, 0.05) is 13.0 Å². The van der Waals surface area contributed by atoms with Crippen LogP contribution < -0.4 is 14.8 Å². The predicted molar refractivity (Wildman–Crippen MR) is 129 cm³/mol. The van der Waals surface area contributed by atoms with E-state index in [1.807, 2.05) is 30.3 Å². The Morgan fingerprint density at radius 3 is 2.31 bits per heavy atom. The Balaban J connectivity index is 1.79. The number of carboxylic acids is 1. The summed E-state index contributed by atoms with van der Waals surface area (Å²) in [5.41, 5.74) is 2.36. The minimum Gasteiger partial charge on any atom is -0.493 e. The fraction of sp³-hybridized carbons (Fsp3) is 0.423. The Morgan fingerprint density at radius 1 is 1.08 bits per heavy atom. The van der Waals surface area contributed by atoms with E-state index in [1.54, 1.807) is 26.0 Å². The molecule has 194 valence electrons. The summed E-state index contributed by atoms with van der Waals surface area (Å²) >= 11 is 0. The second-order valence-electron chi connectivity index (χ2n) is 8.32. The zero-order valence-electron chi connectivity index (χ0n) is 20.9. The molecule has 1 heterocycles. The molecule has 0 aromatic heterocycles. The Hall–Kier alpha value is -3.63. The van der Waals surface area contributed by atoms with E-state index in [0.717, 1.165) is 16.7 Å². The second-order valence-corrected chi connectivity index (χ2v) is 8.32. The highest BCUT2D eigenvalue weighted by atomic mass is 16.6. The molecule has 0 aliphatic carbocycles. The number of esters is 1. The van der Waals surface area contributed by atoms with Crippen molar-refractivity contribution < 1.29 is 38.4 Å². The average Bonchev–Trinajstić information content (AvgIpc) is 2.89. The fourth-order valence-electron chi connectivity index (χ4n) is 4.07. The van der Waals surface area contributed by atoms with Gasteiger partial charge in [-0.25, -0.2) is 9.59 Å². The normalized spacial score (nSPS) is 16.4. The molecule has 10 heteroatoms. The van der Waals surface area contributed by atoms with E-state index in [0.29, 0.717) is 11.5 Å². The SMILES string of the molecule is CCOC(=O)C(NC(C)C(=O)N1Cc2cc(OC)c(OC)cc2C[C@H]1C(=O)O)OCc1ccccc1. The first-order valence-corrected chi connectivity index (χ1v) is 11.6. The van der Waals surface area contributed by atoms with Crippen LogP contribution in [0, 0.1) is 0 Å². The van der Waals surface area contributed by atoms with Gasteiger partial charge < -0.3 is 29.0 Å². The molecule has 2 aromatic rings. The van der Waals surface area contributed by atoms with Gasteiger partial charge in [0.25, 0.3) is 0 Å². The van der Waals surface area contributed by atoms with E-state index < -0.39 is 36.2 Å². The Kier molecular flexibility index (Phi) is 9.26. The zero-order valence-corrected chi connectivity index (χ0v) is 20.9. The number of nitrogens with one attached hydrogen (secondary N) is 1. The number of ether oxygens (including phenoxy) is 4. The standard InChI is InChI=1S/C26H32N2O8/c1-5-35-26(32)23(36-15-17-9-7-6-8-10-17)27-16(2)24(29)28-14-19-13-22(34-4)21(33-3)12-18(19)11-20(28)25(30)31/h6-10,12-13,16,20,23,27H,5,11,14-15H2,1-4H3,(H,30,31)/t16?,20-,23?/m0/s1. The molecule has 0 saturated carbocycles. The van der Waals surface area contributed by atoms with Gasteiger partial charge >= 0.3 is 11.9 Å². The van der Waals surface area contributed by atoms with Crippen LogP contribution in [0.25, 0.3) is 0 Å². The number of amides is 1. The quantitative estimate of drug-likeness (QED) is 0.353. The van der Waals surface area contributed by atoms with Crippen molar-refractivity contribution in [3.05, 3.63) is 59.2 Å². The number of rotatable bonds is 11. The van der Waals surface area contributed by atoms with Crippen molar-refractivity contribution >= 4 is 17.8 Å². The molecule has 10 nitrogen and oxygen atoms in total. The van der Waals surface area contributed by atoms with Crippen LogP contribution in [0.1, 0.15) is 30.5 Å². The van der Waals surface area contributed by atoms with Crippen LogP contribution in [0.4, 0.5) is 0 Å². The minimum atomic E-state index is -1.21. The van der Waals surface area contributed by atoms with Crippen LogP contribution in [0.2, 0.25) is 0 Å². The van der Waals surface area contributed by atoms with Gasteiger partial charge in [-0.15, -0.1) is 0 Å². The second kappa shape index (κ2) is 12.4. The molecule has 2 aromatic carbocycles. The van der Waals surface area contributed by atoms with Crippen molar-refractivity contribution in [3.8, 4) is 11.5 Å². The fourth-order valence-corrected chi connectivity index (χ4v) is 4.07. The summed E-state index contributed by atoms with van der Waals surface area (Å²) < 4.78 is 21.5. The third kappa shape index (κ3) is 6.32. The summed E-state index contributed by atoms with van der Waals surface area (Å²) in [6.07, 6.45) is -1.11. The van der Waals surface area contributed by atoms with Gasteiger partial charge in [-0.1, -0.05) is 30.3 Å². The molecular weight excluding hydrogens is 468 g/mol. The van der Waals surface area contributed by atoms with Crippen LogP contribution in [-0.4, -0.2) is 67.0 Å². The number of carbonyl (C=O) groups is 3. The maximum Gasteiger partial charge on any atom is 0.350 e. The van der Waals surface area contributed by atoms with E-state index in [-0.39, 0.29) is 26.2 Å². The number of carboxylic acid groups (broad SMARTS) is 1. The summed E-state index contributed by atoms with van der Waals surface area (Å²) in [6.45, 7) is 3.56. The lowest BCUT2D eigenvalue weighted by molar-refractivity contribution is -0.162. The van der Waals surface area contributed by atoms with Crippen LogP contribution >= 0.6 is 0 Å². The first-order valence-electron chi connectivity index (χ1n) is 11.6.